The van der Waals surface area contributed by atoms with E-state index in [1.165, 1.54) is 11.8 Å². The molecule has 9 heteroatoms. The molecule has 0 fully saturated rings. The minimum atomic E-state index is -0.444. The summed E-state index contributed by atoms with van der Waals surface area (Å²) >= 11 is 13.6. The van der Waals surface area contributed by atoms with Gasteiger partial charge in [0.25, 0.3) is 0 Å². The van der Waals surface area contributed by atoms with Crippen molar-refractivity contribution in [3.63, 3.8) is 0 Å². The number of carbonyl (C=O) groups is 1. The van der Waals surface area contributed by atoms with Gasteiger partial charge >= 0.3 is 0 Å². The zero-order valence-corrected chi connectivity index (χ0v) is 17.6. The second-order valence-electron chi connectivity index (χ2n) is 5.89. The van der Waals surface area contributed by atoms with Gasteiger partial charge in [-0.25, -0.2) is 0 Å². The summed E-state index contributed by atoms with van der Waals surface area (Å²) in [5.41, 5.74) is 6.94. The largest absolute Gasteiger partial charge is 0.495 e. The van der Waals surface area contributed by atoms with Crippen LogP contribution in [0.5, 0.6) is 5.75 Å². The van der Waals surface area contributed by atoms with Gasteiger partial charge in [-0.2, -0.15) is 0 Å². The van der Waals surface area contributed by atoms with Gasteiger partial charge in [-0.05, 0) is 36.8 Å². The third kappa shape index (κ3) is 4.27. The number of benzene rings is 2. The molecular weight excluding hydrogens is 419 g/mol. The van der Waals surface area contributed by atoms with Crippen molar-refractivity contribution in [2.24, 2.45) is 5.73 Å². The highest BCUT2D eigenvalue weighted by atomic mass is 35.5. The van der Waals surface area contributed by atoms with Crippen LogP contribution >= 0.6 is 35.0 Å². The molecule has 0 bridgehead atoms. The Hall–Kier alpha value is -2.22. The summed E-state index contributed by atoms with van der Waals surface area (Å²) < 4.78 is 7.31. The molecule has 0 aliphatic carbocycles. The number of hydrogen-bond acceptors (Lipinski definition) is 5. The Bertz CT molecular complexity index is 1010. The molecule has 0 aliphatic heterocycles. The van der Waals surface area contributed by atoms with Gasteiger partial charge in [0.15, 0.2) is 11.0 Å². The third-order valence-corrected chi connectivity index (χ3v) is 5.83. The number of methoxy groups -OCH3 is 1. The number of primary amides is 1. The zero-order valence-electron chi connectivity index (χ0n) is 15.2. The first-order chi connectivity index (χ1) is 13.4. The van der Waals surface area contributed by atoms with Crippen LogP contribution in [-0.2, 0) is 4.79 Å². The highest BCUT2D eigenvalue weighted by Crippen LogP contribution is 2.36. The van der Waals surface area contributed by atoms with Crippen molar-refractivity contribution in [2.75, 3.05) is 7.11 Å². The van der Waals surface area contributed by atoms with Crippen LogP contribution in [0.2, 0.25) is 10.0 Å². The summed E-state index contributed by atoms with van der Waals surface area (Å²) in [6.07, 6.45) is 0.562. The van der Waals surface area contributed by atoms with Crippen LogP contribution in [0.4, 0.5) is 0 Å². The fraction of sp³-hybridized carbons (Fsp3) is 0.211. The number of carbonyl (C=O) groups excluding carboxylic acids is 1. The van der Waals surface area contributed by atoms with Crippen molar-refractivity contribution in [3.05, 3.63) is 52.5 Å². The summed E-state index contributed by atoms with van der Waals surface area (Å²) in [6.45, 7) is 1.89. The number of thioether (sulfide) groups is 1. The second kappa shape index (κ2) is 8.86. The van der Waals surface area contributed by atoms with Crippen molar-refractivity contribution >= 4 is 40.9 Å². The number of halogens is 2. The minimum Gasteiger partial charge on any atom is -0.495 e. The number of rotatable bonds is 7. The molecule has 1 unspecified atom stereocenters. The molecule has 0 saturated carbocycles. The van der Waals surface area contributed by atoms with Gasteiger partial charge in [-0.15, -0.1) is 10.2 Å². The topological polar surface area (TPSA) is 83.0 Å². The van der Waals surface area contributed by atoms with Crippen LogP contribution in [0.25, 0.3) is 17.1 Å². The summed E-state index contributed by atoms with van der Waals surface area (Å²) in [7, 11) is 1.57. The Labute approximate surface area is 177 Å². The fourth-order valence-electron chi connectivity index (χ4n) is 2.69. The zero-order chi connectivity index (χ0) is 20.3. The highest BCUT2D eigenvalue weighted by molar-refractivity contribution is 8.00. The summed E-state index contributed by atoms with van der Waals surface area (Å²) in [5.74, 6) is 0.718. The van der Waals surface area contributed by atoms with E-state index in [1.54, 1.807) is 42.0 Å². The minimum absolute atomic E-state index is 0.413. The van der Waals surface area contributed by atoms with Crippen molar-refractivity contribution < 1.29 is 9.53 Å². The summed E-state index contributed by atoms with van der Waals surface area (Å²) in [6, 6.07) is 12.5. The quantitative estimate of drug-likeness (QED) is 0.546. The Morgan fingerprint density at radius 3 is 2.61 bits per heavy atom. The SMILES string of the molecule is CCC(Sc1nnc(-c2cccc(Cl)c2)n1-c1cc(Cl)ccc1OC)C(N)=O. The Morgan fingerprint density at radius 1 is 1.21 bits per heavy atom. The van der Waals surface area contributed by atoms with Gasteiger partial charge in [0.1, 0.15) is 5.75 Å². The van der Waals surface area contributed by atoms with Gasteiger partial charge in [-0.1, -0.05) is 54.0 Å². The van der Waals surface area contributed by atoms with E-state index in [0.717, 1.165) is 5.56 Å². The molecule has 146 valence electrons. The monoisotopic (exact) mass is 436 g/mol. The first kappa shape index (κ1) is 20.5. The standard InChI is InChI=1S/C19H18Cl2N4O2S/c1-3-16(17(22)26)28-19-24-23-18(11-5-4-6-12(20)9-11)25(19)14-10-13(21)7-8-15(14)27-2/h4-10,16H,3H2,1-2H3,(H2,22,26). The van der Waals surface area contributed by atoms with E-state index in [1.807, 2.05) is 19.1 Å². The molecule has 0 aliphatic rings. The number of nitrogens with two attached hydrogens (primary N) is 1. The molecule has 6 nitrogen and oxygen atoms in total. The molecule has 1 heterocycles. The fourth-order valence-corrected chi connectivity index (χ4v) is 3.96. The number of aromatic nitrogens is 3. The van der Waals surface area contributed by atoms with E-state index < -0.39 is 11.2 Å². The molecule has 0 radical (unpaired) electrons. The highest BCUT2D eigenvalue weighted by Gasteiger charge is 2.24. The maximum absolute atomic E-state index is 11.8. The van der Waals surface area contributed by atoms with E-state index >= 15 is 0 Å². The van der Waals surface area contributed by atoms with E-state index in [0.29, 0.717) is 38.9 Å². The van der Waals surface area contributed by atoms with Crippen molar-refractivity contribution in [2.45, 2.75) is 23.8 Å². The van der Waals surface area contributed by atoms with Crippen LogP contribution < -0.4 is 10.5 Å². The molecule has 0 spiro atoms. The van der Waals surface area contributed by atoms with Crippen LogP contribution in [-0.4, -0.2) is 33.0 Å². The molecule has 0 saturated heterocycles. The van der Waals surface area contributed by atoms with Gasteiger partial charge in [0.2, 0.25) is 5.91 Å². The number of ether oxygens (including phenoxy) is 1. The van der Waals surface area contributed by atoms with E-state index in [2.05, 4.69) is 10.2 Å². The summed E-state index contributed by atoms with van der Waals surface area (Å²) in [5, 5.41) is 9.79. The van der Waals surface area contributed by atoms with Gasteiger partial charge < -0.3 is 10.5 Å². The second-order valence-corrected chi connectivity index (χ2v) is 7.93. The van der Waals surface area contributed by atoms with E-state index in [9.17, 15) is 4.79 Å². The number of hydrogen-bond donors (Lipinski definition) is 1. The lowest BCUT2D eigenvalue weighted by atomic mass is 10.2. The van der Waals surface area contributed by atoms with Gasteiger partial charge in [-0.3, -0.25) is 9.36 Å². The maximum atomic E-state index is 11.8. The van der Waals surface area contributed by atoms with Crippen LogP contribution in [0.15, 0.2) is 47.6 Å². The number of amides is 1. The lowest BCUT2D eigenvalue weighted by Crippen LogP contribution is -2.25. The average Bonchev–Trinajstić information content (AvgIpc) is 3.09. The molecule has 3 aromatic rings. The lowest BCUT2D eigenvalue weighted by Gasteiger charge is -2.16. The summed E-state index contributed by atoms with van der Waals surface area (Å²) in [4.78, 5) is 11.8. The van der Waals surface area contributed by atoms with Gasteiger partial charge in [0.05, 0.1) is 18.0 Å². The average molecular weight is 437 g/mol. The third-order valence-electron chi connectivity index (χ3n) is 4.03. The van der Waals surface area contributed by atoms with E-state index in [-0.39, 0.29) is 0 Å². The molecule has 2 aromatic carbocycles. The molecule has 3 rings (SSSR count). The van der Waals surface area contributed by atoms with Crippen molar-refractivity contribution in [1.29, 1.82) is 0 Å². The predicted octanol–water partition coefficient (Wildman–Crippen LogP) is 4.61. The first-order valence-electron chi connectivity index (χ1n) is 8.45. The Balaban J connectivity index is 2.23. The Kier molecular flexibility index (Phi) is 6.49. The van der Waals surface area contributed by atoms with Crippen LogP contribution in [0.3, 0.4) is 0 Å². The van der Waals surface area contributed by atoms with E-state index in [4.69, 9.17) is 33.7 Å². The molecular formula is C19H18Cl2N4O2S. The maximum Gasteiger partial charge on any atom is 0.231 e. The molecule has 28 heavy (non-hydrogen) atoms. The molecule has 2 N–H and O–H groups in total. The Morgan fingerprint density at radius 2 is 1.96 bits per heavy atom. The number of nitrogens with zero attached hydrogens (tertiary/aromatic N) is 3. The molecule has 1 amide bonds. The normalized spacial score (nSPS) is 12.0. The first-order valence-corrected chi connectivity index (χ1v) is 10.1. The van der Waals surface area contributed by atoms with Crippen LogP contribution in [0.1, 0.15) is 13.3 Å². The predicted molar refractivity (Wildman–Crippen MR) is 112 cm³/mol. The lowest BCUT2D eigenvalue weighted by molar-refractivity contribution is -0.117. The van der Waals surface area contributed by atoms with Crippen LogP contribution in [0, 0.1) is 0 Å². The molecule has 1 aromatic heterocycles. The van der Waals surface area contributed by atoms with Crippen molar-refractivity contribution in [1.82, 2.24) is 14.8 Å². The molecule has 1 atom stereocenters. The van der Waals surface area contributed by atoms with Crippen molar-refractivity contribution in [3.8, 4) is 22.8 Å². The smallest absolute Gasteiger partial charge is 0.231 e. The van der Waals surface area contributed by atoms with Gasteiger partial charge in [0, 0.05) is 15.6 Å².